The zero-order valence-electron chi connectivity index (χ0n) is 13.6. The van der Waals surface area contributed by atoms with Crippen molar-refractivity contribution in [3.8, 4) is 0 Å². The first kappa shape index (κ1) is 16.0. The molecule has 0 aliphatic carbocycles. The number of hydrogen-bond donors (Lipinski definition) is 2. The van der Waals surface area contributed by atoms with E-state index in [2.05, 4.69) is 15.6 Å². The summed E-state index contributed by atoms with van der Waals surface area (Å²) in [7, 11) is 0. The fourth-order valence-corrected chi connectivity index (χ4v) is 2.67. The number of aromatic nitrogens is 2. The number of urea groups is 1. The summed E-state index contributed by atoms with van der Waals surface area (Å²) >= 11 is 0. The molecule has 24 heavy (non-hydrogen) atoms. The number of carbonyl (C=O) groups excluding carboxylic acids is 3. The number of nitrogens with zero attached hydrogens (tertiary/aromatic N) is 3. The number of imidazole rings is 1. The van der Waals surface area contributed by atoms with Gasteiger partial charge in [-0.3, -0.25) is 14.5 Å². The number of para-hydroxylation sites is 2. The Kier molecular flexibility index (Phi) is 3.96. The lowest BCUT2D eigenvalue weighted by molar-refractivity contribution is -0.134. The SMILES string of the molecule is CC1(C)NC(=O)N(CC(=O)NCCn2cnc3ccccc32)C1=O. The van der Waals surface area contributed by atoms with E-state index in [0.717, 1.165) is 15.9 Å². The van der Waals surface area contributed by atoms with Crippen LogP contribution in [0.5, 0.6) is 0 Å². The molecular weight excluding hydrogens is 310 g/mol. The van der Waals surface area contributed by atoms with Crippen LogP contribution in [0.1, 0.15) is 13.8 Å². The number of imide groups is 1. The third kappa shape index (κ3) is 2.94. The molecule has 8 nitrogen and oxygen atoms in total. The average molecular weight is 329 g/mol. The van der Waals surface area contributed by atoms with Crippen LogP contribution in [0, 0.1) is 0 Å². The van der Waals surface area contributed by atoms with Gasteiger partial charge in [0.15, 0.2) is 0 Å². The van der Waals surface area contributed by atoms with E-state index in [-0.39, 0.29) is 12.5 Å². The van der Waals surface area contributed by atoms with Gasteiger partial charge in [-0.05, 0) is 26.0 Å². The molecule has 1 aliphatic heterocycles. The van der Waals surface area contributed by atoms with E-state index >= 15 is 0 Å². The number of rotatable bonds is 5. The van der Waals surface area contributed by atoms with E-state index in [0.29, 0.717) is 13.1 Å². The van der Waals surface area contributed by atoms with Crippen LogP contribution < -0.4 is 10.6 Å². The highest BCUT2D eigenvalue weighted by atomic mass is 16.2. The second kappa shape index (κ2) is 5.95. The van der Waals surface area contributed by atoms with Crippen molar-refractivity contribution in [3.63, 3.8) is 0 Å². The van der Waals surface area contributed by atoms with E-state index in [1.165, 1.54) is 0 Å². The monoisotopic (exact) mass is 329 g/mol. The molecule has 4 amide bonds. The Labute approximate surface area is 138 Å². The van der Waals surface area contributed by atoms with Crippen LogP contribution in [-0.4, -0.2) is 50.9 Å². The molecule has 1 fully saturated rings. The van der Waals surface area contributed by atoms with Crippen molar-refractivity contribution in [2.45, 2.75) is 25.9 Å². The number of benzene rings is 1. The first-order valence-electron chi connectivity index (χ1n) is 7.69. The summed E-state index contributed by atoms with van der Waals surface area (Å²) in [6.45, 7) is 3.87. The smallest absolute Gasteiger partial charge is 0.325 e. The maximum absolute atomic E-state index is 12.0. The fraction of sp³-hybridized carbons (Fsp3) is 0.375. The standard InChI is InChI=1S/C16H19N5O3/c1-16(2)14(23)21(15(24)19-16)9-13(22)17-7-8-20-10-18-11-5-3-4-6-12(11)20/h3-6,10H,7-9H2,1-2H3,(H,17,22)(H,19,24). The van der Waals surface area contributed by atoms with Gasteiger partial charge < -0.3 is 15.2 Å². The molecule has 2 heterocycles. The summed E-state index contributed by atoms with van der Waals surface area (Å²) in [4.78, 5) is 41.0. The van der Waals surface area contributed by atoms with Gasteiger partial charge in [0.2, 0.25) is 5.91 Å². The van der Waals surface area contributed by atoms with E-state index in [9.17, 15) is 14.4 Å². The molecule has 1 aromatic heterocycles. The topological polar surface area (TPSA) is 96.3 Å². The summed E-state index contributed by atoms with van der Waals surface area (Å²) in [6.07, 6.45) is 1.72. The number of fused-ring (bicyclic) bond motifs is 1. The van der Waals surface area contributed by atoms with Gasteiger partial charge in [0, 0.05) is 13.1 Å². The predicted octanol–water partition coefficient (Wildman–Crippen LogP) is 0.483. The lowest BCUT2D eigenvalue weighted by Gasteiger charge is -2.15. The van der Waals surface area contributed by atoms with E-state index in [1.54, 1.807) is 20.2 Å². The van der Waals surface area contributed by atoms with Crippen LogP contribution in [0.4, 0.5) is 4.79 Å². The predicted molar refractivity (Wildman–Crippen MR) is 87.1 cm³/mol. The van der Waals surface area contributed by atoms with Gasteiger partial charge in [-0.1, -0.05) is 12.1 Å². The molecule has 3 rings (SSSR count). The van der Waals surface area contributed by atoms with E-state index in [1.807, 2.05) is 28.8 Å². The maximum Gasteiger partial charge on any atom is 0.325 e. The van der Waals surface area contributed by atoms with Crippen molar-refractivity contribution < 1.29 is 14.4 Å². The Balaban J connectivity index is 1.53. The minimum Gasteiger partial charge on any atom is -0.353 e. The summed E-state index contributed by atoms with van der Waals surface area (Å²) in [5, 5.41) is 5.26. The first-order chi connectivity index (χ1) is 11.4. The summed E-state index contributed by atoms with van der Waals surface area (Å²) in [5.41, 5.74) is 0.917. The molecule has 0 saturated carbocycles. The highest BCUT2D eigenvalue weighted by Crippen LogP contribution is 2.16. The highest BCUT2D eigenvalue weighted by molar-refractivity contribution is 6.08. The minimum absolute atomic E-state index is 0.279. The van der Waals surface area contributed by atoms with Gasteiger partial charge in [0.25, 0.3) is 5.91 Å². The third-order valence-corrected chi connectivity index (χ3v) is 3.95. The molecular formula is C16H19N5O3. The number of hydrogen-bond acceptors (Lipinski definition) is 4. The molecule has 1 aromatic carbocycles. The number of nitrogens with one attached hydrogen (secondary N) is 2. The van der Waals surface area contributed by atoms with Gasteiger partial charge in [-0.25, -0.2) is 9.78 Å². The zero-order valence-corrected chi connectivity index (χ0v) is 13.6. The zero-order chi connectivity index (χ0) is 17.3. The largest absolute Gasteiger partial charge is 0.353 e. The van der Waals surface area contributed by atoms with Gasteiger partial charge in [-0.2, -0.15) is 0 Å². The average Bonchev–Trinajstić information content (AvgIpc) is 3.02. The Morgan fingerprint density at radius 1 is 1.29 bits per heavy atom. The molecule has 8 heteroatoms. The Morgan fingerprint density at radius 2 is 2.04 bits per heavy atom. The van der Waals surface area contributed by atoms with Crippen molar-refractivity contribution in [1.29, 1.82) is 0 Å². The van der Waals surface area contributed by atoms with Crippen LogP contribution >= 0.6 is 0 Å². The first-order valence-corrected chi connectivity index (χ1v) is 7.69. The Bertz CT molecular complexity index is 811. The summed E-state index contributed by atoms with van der Waals surface area (Å²) in [6, 6.07) is 7.18. The quantitative estimate of drug-likeness (QED) is 0.780. The van der Waals surface area contributed by atoms with Crippen LogP contribution in [0.15, 0.2) is 30.6 Å². The lowest BCUT2D eigenvalue weighted by atomic mass is 10.1. The molecule has 126 valence electrons. The highest BCUT2D eigenvalue weighted by Gasteiger charge is 2.44. The van der Waals surface area contributed by atoms with Crippen molar-refractivity contribution in [2.24, 2.45) is 0 Å². The molecule has 0 unspecified atom stereocenters. The molecule has 1 saturated heterocycles. The second-order valence-electron chi connectivity index (χ2n) is 6.22. The minimum atomic E-state index is -0.965. The maximum atomic E-state index is 12.0. The van der Waals surface area contributed by atoms with Gasteiger partial charge in [-0.15, -0.1) is 0 Å². The van der Waals surface area contributed by atoms with Crippen molar-refractivity contribution in [3.05, 3.63) is 30.6 Å². The van der Waals surface area contributed by atoms with Gasteiger partial charge in [0.05, 0.1) is 17.4 Å². The molecule has 2 aromatic rings. The van der Waals surface area contributed by atoms with Crippen molar-refractivity contribution >= 4 is 28.9 Å². The van der Waals surface area contributed by atoms with Crippen molar-refractivity contribution in [2.75, 3.05) is 13.1 Å². The molecule has 1 aliphatic rings. The van der Waals surface area contributed by atoms with E-state index in [4.69, 9.17) is 0 Å². The molecule has 0 bridgehead atoms. The Morgan fingerprint density at radius 3 is 2.75 bits per heavy atom. The molecule has 0 radical (unpaired) electrons. The summed E-state index contributed by atoms with van der Waals surface area (Å²) < 4.78 is 1.94. The van der Waals surface area contributed by atoms with Crippen LogP contribution in [0.3, 0.4) is 0 Å². The number of carbonyl (C=O) groups is 3. The van der Waals surface area contributed by atoms with Crippen molar-refractivity contribution in [1.82, 2.24) is 25.1 Å². The molecule has 2 N–H and O–H groups in total. The summed E-state index contributed by atoms with van der Waals surface area (Å²) in [5.74, 6) is -0.774. The second-order valence-corrected chi connectivity index (χ2v) is 6.22. The molecule has 0 spiro atoms. The van der Waals surface area contributed by atoms with Gasteiger partial charge in [0.1, 0.15) is 12.1 Å². The third-order valence-electron chi connectivity index (χ3n) is 3.95. The van der Waals surface area contributed by atoms with E-state index < -0.39 is 17.5 Å². The Hall–Kier alpha value is -2.90. The fourth-order valence-electron chi connectivity index (χ4n) is 2.67. The van der Waals surface area contributed by atoms with Crippen LogP contribution in [-0.2, 0) is 16.1 Å². The van der Waals surface area contributed by atoms with Crippen LogP contribution in [0.2, 0.25) is 0 Å². The van der Waals surface area contributed by atoms with Crippen LogP contribution in [0.25, 0.3) is 11.0 Å². The normalized spacial score (nSPS) is 16.5. The van der Waals surface area contributed by atoms with Gasteiger partial charge >= 0.3 is 6.03 Å². The number of amides is 4. The molecule has 0 atom stereocenters. The lowest BCUT2D eigenvalue weighted by Crippen LogP contribution is -2.43.